The summed E-state index contributed by atoms with van der Waals surface area (Å²) >= 11 is 0. The van der Waals surface area contributed by atoms with Gasteiger partial charge in [-0.05, 0) is 29.8 Å². The second-order valence-corrected chi connectivity index (χ2v) is 4.47. The van der Waals surface area contributed by atoms with Crippen molar-refractivity contribution in [2.24, 2.45) is 0 Å². The summed E-state index contributed by atoms with van der Waals surface area (Å²) in [6.45, 7) is 0.487. The average Bonchev–Trinajstić information content (AvgIpc) is 2.51. The number of hydrogen-bond donors (Lipinski definition) is 2. The summed E-state index contributed by atoms with van der Waals surface area (Å²) in [7, 11) is 1.56. The van der Waals surface area contributed by atoms with E-state index < -0.39 is 0 Å². The molecular formula is C16H17FN2O2. The fraction of sp³-hybridized carbons (Fsp3) is 0.188. The molecule has 1 amide bonds. The van der Waals surface area contributed by atoms with Gasteiger partial charge in [0.15, 0.2) is 6.61 Å². The molecule has 0 unspecified atom stereocenters. The Morgan fingerprint density at radius 1 is 1.19 bits per heavy atom. The van der Waals surface area contributed by atoms with E-state index in [0.29, 0.717) is 12.3 Å². The number of nitrogens with one attached hydrogen (secondary N) is 2. The molecule has 0 fully saturated rings. The molecule has 5 heteroatoms. The lowest BCUT2D eigenvalue weighted by Crippen LogP contribution is -2.24. The van der Waals surface area contributed by atoms with Crippen molar-refractivity contribution in [2.45, 2.75) is 6.54 Å². The Labute approximate surface area is 122 Å². The Bertz CT molecular complexity index is 617. The largest absolute Gasteiger partial charge is 0.484 e. The number of benzene rings is 2. The van der Waals surface area contributed by atoms with E-state index in [9.17, 15) is 9.18 Å². The van der Waals surface area contributed by atoms with Crippen LogP contribution in [0.1, 0.15) is 5.56 Å². The fourth-order valence-corrected chi connectivity index (χ4v) is 1.77. The number of rotatable bonds is 6. The van der Waals surface area contributed by atoms with Gasteiger partial charge in [-0.2, -0.15) is 0 Å². The molecule has 0 atom stereocenters. The second-order valence-electron chi connectivity index (χ2n) is 4.47. The van der Waals surface area contributed by atoms with Gasteiger partial charge in [-0.25, -0.2) is 4.39 Å². The van der Waals surface area contributed by atoms with E-state index in [1.165, 1.54) is 12.1 Å². The van der Waals surface area contributed by atoms with Crippen molar-refractivity contribution in [1.29, 1.82) is 0 Å². The van der Waals surface area contributed by atoms with Crippen LogP contribution >= 0.6 is 0 Å². The van der Waals surface area contributed by atoms with Crippen molar-refractivity contribution in [1.82, 2.24) is 5.32 Å². The predicted octanol–water partition coefficient (Wildman–Crippen LogP) is 2.56. The molecule has 0 bridgehead atoms. The van der Waals surface area contributed by atoms with Crippen LogP contribution in [0.4, 0.5) is 10.1 Å². The number of hydrogen-bond acceptors (Lipinski definition) is 3. The van der Waals surface area contributed by atoms with Gasteiger partial charge in [0.2, 0.25) is 0 Å². The third-order valence-electron chi connectivity index (χ3n) is 2.87. The van der Waals surface area contributed by atoms with Crippen LogP contribution in [-0.4, -0.2) is 19.6 Å². The molecule has 0 aliphatic rings. The minimum Gasteiger partial charge on any atom is -0.484 e. The van der Waals surface area contributed by atoms with Gasteiger partial charge in [-0.15, -0.1) is 0 Å². The van der Waals surface area contributed by atoms with Crippen LogP contribution in [0, 0.1) is 5.82 Å². The zero-order valence-electron chi connectivity index (χ0n) is 11.7. The number of likely N-dealkylation sites (N-methyl/N-ethyl adjacent to an activating group) is 1. The fourth-order valence-electron chi connectivity index (χ4n) is 1.77. The highest BCUT2D eigenvalue weighted by Gasteiger charge is 2.01. The molecule has 0 spiro atoms. The molecule has 0 saturated heterocycles. The topological polar surface area (TPSA) is 50.4 Å². The number of amides is 1. The maximum Gasteiger partial charge on any atom is 0.257 e. The molecule has 4 nitrogen and oxygen atoms in total. The van der Waals surface area contributed by atoms with Crippen LogP contribution in [0.25, 0.3) is 0 Å². The van der Waals surface area contributed by atoms with Crippen LogP contribution in [0.5, 0.6) is 5.75 Å². The highest BCUT2D eigenvalue weighted by molar-refractivity contribution is 5.77. The minimum atomic E-state index is -0.253. The summed E-state index contributed by atoms with van der Waals surface area (Å²) in [6, 6.07) is 13.7. The number of ether oxygens (including phenoxy) is 1. The Hall–Kier alpha value is -2.56. The van der Waals surface area contributed by atoms with Crippen molar-refractivity contribution >= 4 is 11.6 Å². The smallest absolute Gasteiger partial charge is 0.257 e. The number of carbonyl (C=O) groups is 1. The molecule has 0 heterocycles. The van der Waals surface area contributed by atoms with Gasteiger partial charge in [0.25, 0.3) is 5.91 Å². The molecule has 110 valence electrons. The highest BCUT2D eigenvalue weighted by atomic mass is 19.1. The summed E-state index contributed by atoms with van der Waals surface area (Å²) in [6.07, 6.45) is 0. The molecule has 0 saturated carbocycles. The lowest BCUT2D eigenvalue weighted by molar-refractivity contribution is -0.122. The van der Waals surface area contributed by atoms with E-state index in [4.69, 9.17) is 4.74 Å². The third-order valence-corrected chi connectivity index (χ3v) is 2.87. The van der Waals surface area contributed by atoms with E-state index in [1.807, 2.05) is 18.2 Å². The van der Waals surface area contributed by atoms with Crippen molar-refractivity contribution in [3.63, 3.8) is 0 Å². The Balaban J connectivity index is 1.93. The zero-order chi connectivity index (χ0) is 15.1. The normalized spacial score (nSPS) is 10.0. The van der Waals surface area contributed by atoms with Gasteiger partial charge in [0, 0.05) is 25.3 Å². The van der Waals surface area contributed by atoms with Crippen LogP contribution in [0.15, 0.2) is 48.5 Å². The first kappa shape index (κ1) is 14.8. The van der Waals surface area contributed by atoms with Crippen LogP contribution in [-0.2, 0) is 11.3 Å². The van der Waals surface area contributed by atoms with Gasteiger partial charge in [-0.1, -0.05) is 18.2 Å². The van der Waals surface area contributed by atoms with Crippen molar-refractivity contribution in [3.8, 4) is 5.75 Å². The number of carbonyl (C=O) groups excluding carboxylic acids is 1. The standard InChI is InChI=1S/C16H17FN2O2/c1-18-16(20)11-21-15-7-3-6-14(9-15)19-10-12-4-2-5-13(17)8-12/h2-9,19H,10-11H2,1H3,(H,18,20). The molecule has 0 aromatic heterocycles. The minimum absolute atomic E-state index is 0.0240. The third kappa shape index (κ3) is 4.80. The SMILES string of the molecule is CNC(=O)COc1cccc(NCc2cccc(F)c2)c1. The van der Waals surface area contributed by atoms with E-state index in [-0.39, 0.29) is 18.3 Å². The van der Waals surface area contributed by atoms with E-state index in [1.54, 1.807) is 25.2 Å². The van der Waals surface area contributed by atoms with Crippen LogP contribution in [0.3, 0.4) is 0 Å². The molecule has 2 rings (SSSR count). The lowest BCUT2D eigenvalue weighted by atomic mass is 10.2. The molecule has 21 heavy (non-hydrogen) atoms. The number of halogens is 1. The molecule has 0 aliphatic carbocycles. The van der Waals surface area contributed by atoms with Gasteiger partial charge >= 0.3 is 0 Å². The molecule has 0 radical (unpaired) electrons. The number of anilines is 1. The molecule has 0 aliphatic heterocycles. The Morgan fingerprint density at radius 2 is 2.00 bits per heavy atom. The summed E-state index contributed by atoms with van der Waals surface area (Å²) in [5.41, 5.74) is 1.69. The Morgan fingerprint density at radius 3 is 2.76 bits per heavy atom. The van der Waals surface area contributed by atoms with Crippen molar-refractivity contribution in [2.75, 3.05) is 19.0 Å². The van der Waals surface area contributed by atoms with Gasteiger partial charge < -0.3 is 15.4 Å². The zero-order valence-corrected chi connectivity index (χ0v) is 11.7. The van der Waals surface area contributed by atoms with E-state index in [2.05, 4.69) is 10.6 Å². The maximum atomic E-state index is 13.1. The summed E-state index contributed by atoms with van der Waals surface area (Å²) < 4.78 is 18.4. The van der Waals surface area contributed by atoms with E-state index >= 15 is 0 Å². The quantitative estimate of drug-likeness (QED) is 0.859. The first-order valence-electron chi connectivity index (χ1n) is 6.59. The summed E-state index contributed by atoms with van der Waals surface area (Å²) in [5.74, 6) is 0.160. The first-order valence-corrected chi connectivity index (χ1v) is 6.59. The monoisotopic (exact) mass is 288 g/mol. The lowest BCUT2D eigenvalue weighted by Gasteiger charge is -2.09. The molecule has 2 aromatic carbocycles. The predicted molar refractivity (Wildman–Crippen MR) is 79.7 cm³/mol. The van der Waals surface area contributed by atoms with Crippen LogP contribution in [0.2, 0.25) is 0 Å². The molecule has 2 aromatic rings. The van der Waals surface area contributed by atoms with Gasteiger partial charge in [0.1, 0.15) is 11.6 Å². The summed E-state index contributed by atoms with van der Waals surface area (Å²) in [4.78, 5) is 11.1. The van der Waals surface area contributed by atoms with Gasteiger partial charge in [0.05, 0.1) is 0 Å². The average molecular weight is 288 g/mol. The van der Waals surface area contributed by atoms with Gasteiger partial charge in [-0.3, -0.25) is 4.79 Å². The molecule has 2 N–H and O–H groups in total. The molecular weight excluding hydrogens is 271 g/mol. The summed E-state index contributed by atoms with van der Waals surface area (Å²) in [5, 5.41) is 5.67. The Kier molecular flexibility index (Phi) is 5.15. The second kappa shape index (κ2) is 7.28. The van der Waals surface area contributed by atoms with Crippen LogP contribution < -0.4 is 15.4 Å². The maximum absolute atomic E-state index is 13.1. The van der Waals surface area contributed by atoms with E-state index in [0.717, 1.165) is 11.3 Å². The van der Waals surface area contributed by atoms with Crippen molar-refractivity contribution in [3.05, 3.63) is 59.9 Å². The highest BCUT2D eigenvalue weighted by Crippen LogP contribution is 2.18. The van der Waals surface area contributed by atoms with Crippen molar-refractivity contribution < 1.29 is 13.9 Å². The first-order chi connectivity index (χ1) is 10.2.